The molecule has 0 aliphatic carbocycles. The van der Waals surface area contributed by atoms with Gasteiger partial charge in [0.15, 0.2) is 5.01 Å². The molecule has 0 fully saturated rings. The van der Waals surface area contributed by atoms with Crippen LogP contribution < -0.4 is 0 Å². The Bertz CT molecular complexity index is 101. The van der Waals surface area contributed by atoms with E-state index in [0.717, 1.165) is 0 Å². The van der Waals surface area contributed by atoms with Crippen molar-refractivity contribution in [3.63, 3.8) is 0 Å². The molecule has 0 aromatic carbocycles. The molecule has 1 aliphatic rings. The number of alkyl halides is 1. The Morgan fingerprint density at radius 1 is 1.71 bits per heavy atom. The third-order valence-electron chi connectivity index (χ3n) is 0.482. The van der Waals surface area contributed by atoms with E-state index in [2.05, 4.69) is 41.6 Å². The van der Waals surface area contributed by atoms with E-state index >= 15 is 0 Å². The Morgan fingerprint density at radius 3 is 2.57 bits per heavy atom. The predicted molar refractivity (Wildman–Crippen MR) is 31.9 cm³/mol. The highest BCUT2D eigenvalue weighted by Crippen LogP contribution is 2.21. The third kappa shape index (κ3) is 1.44. The lowest BCUT2D eigenvalue weighted by Gasteiger charge is -1.91. The highest BCUT2D eigenvalue weighted by molar-refractivity contribution is 9.11. The van der Waals surface area contributed by atoms with Crippen LogP contribution in [0, 0.1) is 0 Å². The van der Waals surface area contributed by atoms with E-state index in [4.69, 9.17) is 0 Å². The molecule has 0 bridgehead atoms. The summed E-state index contributed by atoms with van der Waals surface area (Å²) in [5.74, 6) is 0. The SMILES string of the molecule is BrC1=CC(Br)OO1. The molecule has 1 atom stereocenters. The molecule has 1 rings (SSSR count). The summed E-state index contributed by atoms with van der Waals surface area (Å²) in [6.07, 6.45) is 1.75. The molecule has 0 aromatic heterocycles. The van der Waals surface area contributed by atoms with E-state index in [1.165, 1.54) is 0 Å². The van der Waals surface area contributed by atoms with Crippen molar-refractivity contribution in [2.75, 3.05) is 0 Å². The highest BCUT2D eigenvalue weighted by Gasteiger charge is 2.11. The van der Waals surface area contributed by atoms with Crippen LogP contribution in [0.4, 0.5) is 0 Å². The van der Waals surface area contributed by atoms with Crippen LogP contribution in [-0.4, -0.2) is 5.01 Å². The van der Waals surface area contributed by atoms with Gasteiger partial charge in [0.05, 0.1) is 0 Å². The van der Waals surface area contributed by atoms with E-state index in [1.54, 1.807) is 6.08 Å². The van der Waals surface area contributed by atoms with Crippen LogP contribution in [0.25, 0.3) is 0 Å². The van der Waals surface area contributed by atoms with Crippen molar-refractivity contribution in [2.24, 2.45) is 0 Å². The fraction of sp³-hybridized carbons (Fsp3) is 0.333. The Morgan fingerprint density at radius 2 is 2.43 bits per heavy atom. The first-order chi connectivity index (χ1) is 3.29. The number of hydrogen-bond donors (Lipinski definition) is 0. The zero-order chi connectivity index (χ0) is 5.28. The van der Waals surface area contributed by atoms with Crippen LogP contribution in [0.5, 0.6) is 0 Å². The van der Waals surface area contributed by atoms with Gasteiger partial charge in [0, 0.05) is 6.08 Å². The standard InChI is InChI=1S/C3H2Br2O2/c4-2-1-3(5)7-6-2/h1-2H. The summed E-state index contributed by atoms with van der Waals surface area (Å²) in [6.45, 7) is 0. The number of hydrogen-bond acceptors (Lipinski definition) is 2. The molecule has 7 heavy (non-hydrogen) atoms. The van der Waals surface area contributed by atoms with Crippen LogP contribution in [0.2, 0.25) is 0 Å². The van der Waals surface area contributed by atoms with Crippen LogP contribution >= 0.6 is 31.9 Å². The van der Waals surface area contributed by atoms with Gasteiger partial charge < -0.3 is 4.89 Å². The molecule has 0 N–H and O–H groups in total. The first kappa shape index (κ1) is 5.59. The van der Waals surface area contributed by atoms with Crippen molar-refractivity contribution in [1.29, 1.82) is 0 Å². The molecule has 2 nitrogen and oxygen atoms in total. The summed E-state index contributed by atoms with van der Waals surface area (Å²) in [5, 5.41) is -0.0955. The lowest BCUT2D eigenvalue weighted by molar-refractivity contribution is -0.232. The molecule has 40 valence electrons. The summed E-state index contributed by atoms with van der Waals surface area (Å²) in [4.78, 5) is 9.04. The fourth-order valence-corrected chi connectivity index (χ4v) is 1.24. The van der Waals surface area contributed by atoms with Gasteiger partial charge in [0.1, 0.15) is 0 Å². The van der Waals surface area contributed by atoms with Gasteiger partial charge in [-0.05, 0) is 31.9 Å². The Hall–Kier alpha value is 0.460. The molecule has 1 aliphatic heterocycles. The molecule has 0 aromatic rings. The Labute approximate surface area is 57.7 Å². The highest BCUT2D eigenvalue weighted by atomic mass is 79.9. The first-order valence-corrected chi connectivity index (χ1v) is 3.34. The smallest absolute Gasteiger partial charge is 0.207 e. The number of rotatable bonds is 0. The maximum Gasteiger partial charge on any atom is 0.207 e. The summed E-state index contributed by atoms with van der Waals surface area (Å²) < 4.78 is 0.620. The Balaban J connectivity index is 2.50. The molecule has 1 unspecified atom stereocenters. The van der Waals surface area contributed by atoms with Gasteiger partial charge in [-0.3, -0.25) is 0 Å². The van der Waals surface area contributed by atoms with E-state index in [-0.39, 0.29) is 5.01 Å². The second-order valence-electron chi connectivity index (χ2n) is 1.00. The summed E-state index contributed by atoms with van der Waals surface area (Å²) in [6, 6.07) is 0. The zero-order valence-corrected chi connectivity index (χ0v) is 6.40. The molecule has 0 amide bonds. The van der Waals surface area contributed by atoms with Crippen molar-refractivity contribution in [1.82, 2.24) is 0 Å². The maximum atomic E-state index is 4.54. The van der Waals surface area contributed by atoms with E-state index in [9.17, 15) is 0 Å². The topological polar surface area (TPSA) is 18.5 Å². The number of halogens is 2. The van der Waals surface area contributed by atoms with Crippen molar-refractivity contribution in [3.05, 3.63) is 10.7 Å². The van der Waals surface area contributed by atoms with Crippen LogP contribution in [0.1, 0.15) is 0 Å². The first-order valence-electron chi connectivity index (χ1n) is 1.64. The molecule has 0 saturated carbocycles. The van der Waals surface area contributed by atoms with Crippen molar-refractivity contribution >= 4 is 31.9 Å². The molecule has 4 heteroatoms. The predicted octanol–water partition coefficient (Wildman–Crippen LogP) is 1.91. The van der Waals surface area contributed by atoms with E-state index in [0.29, 0.717) is 4.67 Å². The minimum Gasteiger partial charge on any atom is -0.329 e. The maximum absolute atomic E-state index is 4.54. The molecule has 1 heterocycles. The average molecular weight is 230 g/mol. The summed E-state index contributed by atoms with van der Waals surface area (Å²) in [5.41, 5.74) is 0. The largest absolute Gasteiger partial charge is 0.329 e. The van der Waals surface area contributed by atoms with E-state index in [1.807, 2.05) is 0 Å². The average Bonchev–Trinajstić information content (AvgIpc) is 1.87. The van der Waals surface area contributed by atoms with Crippen molar-refractivity contribution in [2.45, 2.75) is 5.01 Å². The van der Waals surface area contributed by atoms with Crippen LogP contribution in [0.15, 0.2) is 10.7 Å². The second kappa shape index (κ2) is 2.15. The van der Waals surface area contributed by atoms with Gasteiger partial charge in [0.25, 0.3) is 0 Å². The van der Waals surface area contributed by atoms with Gasteiger partial charge in [-0.2, -0.15) is 4.89 Å². The quantitative estimate of drug-likeness (QED) is 0.467. The lowest BCUT2D eigenvalue weighted by Crippen LogP contribution is -1.88. The van der Waals surface area contributed by atoms with Gasteiger partial charge in [-0.25, -0.2) is 0 Å². The monoisotopic (exact) mass is 228 g/mol. The van der Waals surface area contributed by atoms with Crippen LogP contribution in [-0.2, 0) is 9.78 Å². The lowest BCUT2D eigenvalue weighted by atomic mass is 10.7. The van der Waals surface area contributed by atoms with Gasteiger partial charge in [0.2, 0.25) is 4.67 Å². The summed E-state index contributed by atoms with van der Waals surface area (Å²) in [7, 11) is 0. The fourth-order valence-electron chi connectivity index (χ4n) is 0.251. The van der Waals surface area contributed by atoms with Crippen LogP contribution in [0.3, 0.4) is 0 Å². The molecular weight excluding hydrogens is 228 g/mol. The molecule has 0 radical (unpaired) electrons. The molecule has 0 saturated heterocycles. The van der Waals surface area contributed by atoms with Gasteiger partial charge in [-0.15, -0.1) is 0 Å². The van der Waals surface area contributed by atoms with E-state index < -0.39 is 0 Å². The zero-order valence-electron chi connectivity index (χ0n) is 3.23. The van der Waals surface area contributed by atoms with Gasteiger partial charge in [-0.1, -0.05) is 0 Å². The Kier molecular flexibility index (Phi) is 1.72. The second-order valence-corrected chi connectivity index (χ2v) is 2.69. The van der Waals surface area contributed by atoms with Crippen molar-refractivity contribution < 1.29 is 9.78 Å². The molecular formula is C3H2Br2O2. The third-order valence-corrected chi connectivity index (χ3v) is 1.30. The minimum atomic E-state index is -0.0955. The minimum absolute atomic E-state index is 0.0955. The normalized spacial score (nSPS) is 29.4. The summed E-state index contributed by atoms with van der Waals surface area (Å²) >= 11 is 6.19. The molecule has 0 spiro atoms. The van der Waals surface area contributed by atoms with Gasteiger partial charge >= 0.3 is 0 Å². The van der Waals surface area contributed by atoms with Crippen molar-refractivity contribution in [3.8, 4) is 0 Å².